The van der Waals surface area contributed by atoms with E-state index < -0.39 is 0 Å². The third-order valence-electron chi connectivity index (χ3n) is 11.7. The lowest BCUT2D eigenvalue weighted by Gasteiger charge is -2.12. The van der Waals surface area contributed by atoms with Gasteiger partial charge in [-0.15, -0.1) is 0 Å². The van der Waals surface area contributed by atoms with Crippen molar-refractivity contribution in [2.24, 2.45) is 0 Å². The van der Waals surface area contributed by atoms with Gasteiger partial charge >= 0.3 is 0 Å². The Morgan fingerprint density at radius 2 is 0.567 bits per heavy atom. The molecule has 0 N–H and O–H groups in total. The Hall–Kier alpha value is -7.82. The summed E-state index contributed by atoms with van der Waals surface area (Å²) in [5.41, 5.74) is 11.4. The van der Waals surface area contributed by atoms with Crippen LogP contribution in [0.5, 0.6) is 0 Å². The summed E-state index contributed by atoms with van der Waals surface area (Å²) >= 11 is 0. The van der Waals surface area contributed by atoms with Crippen LogP contribution in [0.1, 0.15) is 11.1 Å². The van der Waals surface area contributed by atoms with Crippen molar-refractivity contribution in [1.82, 2.24) is 19.1 Å². The first-order valence-corrected chi connectivity index (χ1v) is 20.5. The fourth-order valence-electron chi connectivity index (χ4n) is 8.86. The van der Waals surface area contributed by atoms with Crippen molar-refractivity contribution in [3.63, 3.8) is 0 Å². The second kappa shape index (κ2) is 14.5. The summed E-state index contributed by atoms with van der Waals surface area (Å²) in [5.74, 6) is 1.94. The lowest BCUT2D eigenvalue weighted by molar-refractivity contribution is 1.10. The molecule has 0 bridgehead atoms. The lowest BCUT2D eigenvalue weighted by Crippen LogP contribution is -1.98. The molecule has 0 fully saturated rings. The Morgan fingerprint density at radius 3 is 0.917 bits per heavy atom. The number of nitrogens with zero attached hydrogens (tertiary/aromatic N) is 4. The third kappa shape index (κ3) is 5.84. The van der Waals surface area contributed by atoms with E-state index in [1.165, 1.54) is 54.2 Å². The molecule has 10 aromatic carbocycles. The first-order chi connectivity index (χ1) is 29.6. The van der Waals surface area contributed by atoms with Gasteiger partial charge < -0.3 is 0 Å². The predicted octanol–water partition coefficient (Wildman–Crippen LogP) is 14.6. The molecule has 0 saturated carbocycles. The minimum atomic E-state index is 0.968. The maximum atomic E-state index is 5.22. The van der Waals surface area contributed by atoms with E-state index in [-0.39, 0.29) is 0 Å². The van der Waals surface area contributed by atoms with Crippen LogP contribution in [0.25, 0.3) is 99.3 Å². The van der Waals surface area contributed by atoms with Gasteiger partial charge in [0, 0.05) is 44.0 Å². The van der Waals surface area contributed by atoms with Crippen molar-refractivity contribution in [3.05, 3.63) is 217 Å². The molecule has 12 aromatic rings. The average molecular weight is 769 g/mol. The van der Waals surface area contributed by atoms with Crippen LogP contribution in [-0.4, -0.2) is 19.1 Å². The lowest BCUT2D eigenvalue weighted by atomic mass is 10.00. The van der Waals surface area contributed by atoms with Crippen molar-refractivity contribution in [2.75, 3.05) is 0 Å². The third-order valence-corrected chi connectivity index (χ3v) is 11.7. The van der Waals surface area contributed by atoms with E-state index in [0.29, 0.717) is 0 Å². The van der Waals surface area contributed by atoms with E-state index in [4.69, 9.17) is 9.97 Å². The summed E-state index contributed by atoms with van der Waals surface area (Å²) in [6, 6.07) is 72.9. The highest BCUT2D eigenvalue weighted by molar-refractivity contribution is 6.25. The molecule has 12 rings (SSSR count). The molecule has 0 aliphatic rings. The van der Waals surface area contributed by atoms with E-state index in [2.05, 4.69) is 217 Å². The zero-order valence-electron chi connectivity index (χ0n) is 33.4. The molecule has 0 unspecified atom stereocenters. The van der Waals surface area contributed by atoms with Gasteiger partial charge in [-0.1, -0.05) is 193 Å². The molecule has 4 nitrogen and oxygen atoms in total. The van der Waals surface area contributed by atoms with Crippen molar-refractivity contribution >= 4 is 65.2 Å². The van der Waals surface area contributed by atoms with Crippen LogP contribution in [-0.2, 0) is 0 Å². The van der Waals surface area contributed by atoms with Gasteiger partial charge in [0.05, 0.1) is 22.1 Å². The summed E-state index contributed by atoms with van der Waals surface area (Å²) < 4.78 is 4.64. The van der Waals surface area contributed by atoms with Crippen LogP contribution >= 0.6 is 0 Å². The van der Waals surface area contributed by atoms with Gasteiger partial charge in [0.15, 0.2) is 0 Å². The molecule has 0 aliphatic carbocycles. The summed E-state index contributed by atoms with van der Waals surface area (Å²) in [6.07, 6.45) is 0. The summed E-state index contributed by atoms with van der Waals surface area (Å²) in [5, 5.41) is 9.83. The molecular weight excluding hydrogens is 729 g/mol. The molecule has 4 heteroatoms. The Bertz CT molecular complexity index is 3290. The first-order valence-electron chi connectivity index (χ1n) is 20.5. The maximum Gasteiger partial charge on any atom is 0.145 e. The quantitative estimate of drug-likeness (QED) is 0.167. The Labute approximate surface area is 348 Å². The summed E-state index contributed by atoms with van der Waals surface area (Å²) in [6.45, 7) is 4.24. The first kappa shape index (κ1) is 35.4. The molecule has 284 valence electrons. The molecule has 0 radical (unpaired) electrons. The van der Waals surface area contributed by atoms with E-state index >= 15 is 0 Å². The van der Waals surface area contributed by atoms with Gasteiger partial charge in [-0.3, -0.25) is 9.13 Å². The van der Waals surface area contributed by atoms with Gasteiger partial charge in [0.25, 0.3) is 0 Å². The fourth-order valence-corrected chi connectivity index (χ4v) is 8.86. The molecule has 2 aromatic heterocycles. The van der Waals surface area contributed by atoms with Gasteiger partial charge in [-0.2, -0.15) is 0 Å². The monoisotopic (exact) mass is 768 g/mol. The second-order valence-corrected chi connectivity index (χ2v) is 15.5. The van der Waals surface area contributed by atoms with Crippen molar-refractivity contribution < 1.29 is 0 Å². The Kier molecular flexibility index (Phi) is 8.56. The highest BCUT2D eigenvalue weighted by Crippen LogP contribution is 2.41. The van der Waals surface area contributed by atoms with E-state index in [1.54, 1.807) is 0 Å². The number of hydrogen-bond donors (Lipinski definition) is 0. The zero-order valence-corrected chi connectivity index (χ0v) is 33.4. The number of rotatable bonds is 4. The predicted molar refractivity (Wildman–Crippen MR) is 253 cm³/mol. The van der Waals surface area contributed by atoms with Gasteiger partial charge in [-0.05, 0) is 59.7 Å². The number of aryl methyl sites for hydroxylation is 2. The Morgan fingerprint density at radius 1 is 0.283 bits per heavy atom. The molecular formula is C56H40N4. The standard InChI is InChI=1S/2C28H20N2/c2*1-19-15-17-21(18-16-19)30-27-25-14-8-6-12-23(25)22-11-5-7-13-24(22)26(27)29-28(30)20-9-3-2-4-10-20/h2*2-18H,1H3. The molecule has 60 heavy (non-hydrogen) atoms. The smallest absolute Gasteiger partial charge is 0.145 e. The molecule has 0 spiro atoms. The fraction of sp³-hybridized carbons (Fsp3) is 0.0357. The molecule has 0 amide bonds. The van der Waals surface area contributed by atoms with Crippen LogP contribution in [0.15, 0.2) is 206 Å². The minimum Gasteiger partial charge on any atom is -0.292 e. The van der Waals surface area contributed by atoms with E-state index in [1.807, 2.05) is 12.1 Å². The SMILES string of the molecule is Cc1ccc(-n2c(-c3ccccc3)nc3c4ccccc4c4ccccc4c32)cc1.Cc1ccc(-n2c(-c3ccccc3)nc3c4ccccc4c4ccccc4c32)cc1. The number of fused-ring (bicyclic) bond motifs is 12. The van der Waals surface area contributed by atoms with Crippen LogP contribution < -0.4 is 0 Å². The van der Waals surface area contributed by atoms with Crippen molar-refractivity contribution in [3.8, 4) is 34.2 Å². The topological polar surface area (TPSA) is 35.6 Å². The van der Waals surface area contributed by atoms with Gasteiger partial charge in [0.2, 0.25) is 0 Å². The van der Waals surface area contributed by atoms with E-state index in [0.717, 1.165) is 56.2 Å². The number of aromatic nitrogens is 4. The highest BCUT2D eigenvalue weighted by Gasteiger charge is 2.21. The number of imidazole rings is 2. The van der Waals surface area contributed by atoms with Crippen molar-refractivity contribution in [1.29, 1.82) is 0 Å². The minimum absolute atomic E-state index is 0.968. The highest BCUT2D eigenvalue weighted by atomic mass is 15.1. The molecule has 0 saturated heterocycles. The van der Waals surface area contributed by atoms with Crippen LogP contribution in [0, 0.1) is 13.8 Å². The summed E-state index contributed by atoms with van der Waals surface area (Å²) in [7, 11) is 0. The van der Waals surface area contributed by atoms with Gasteiger partial charge in [-0.25, -0.2) is 9.97 Å². The molecule has 2 heterocycles. The second-order valence-electron chi connectivity index (χ2n) is 15.5. The summed E-state index contributed by atoms with van der Waals surface area (Å²) in [4.78, 5) is 10.4. The molecule has 0 aliphatic heterocycles. The average Bonchev–Trinajstić information content (AvgIpc) is 3.92. The number of benzene rings is 10. The Balaban J connectivity index is 0.000000136. The number of hydrogen-bond acceptors (Lipinski definition) is 2. The normalized spacial score (nSPS) is 11.5. The van der Waals surface area contributed by atoms with Crippen LogP contribution in [0.4, 0.5) is 0 Å². The van der Waals surface area contributed by atoms with Crippen LogP contribution in [0.3, 0.4) is 0 Å². The van der Waals surface area contributed by atoms with Crippen molar-refractivity contribution in [2.45, 2.75) is 13.8 Å². The van der Waals surface area contributed by atoms with E-state index in [9.17, 15) is 0 Å². The zero-order chi connectivity index (χ0) is 40.2. The maximum absolute atomic E-state index is 5.22. The van der Waals surface area contributed by atoms with Gasteiger partial charge in [0.1, 0.15) is 11.6 Å². The van der Waals surface area contributed by atoms with Crippen LogP contribution in [0.2, 0.25) is 0 Å². The molecule has 0 atom stereocenters. The largest absolute Gasteiger partial charge is 0.292 e.